The molecule has 0 spiro atoms. The fourth-order valence-corrected chi connectivity index (χ4v) is 2.63. The summed E-state index contributed by atoms with van der Waals surface area (Å²) < 4.78 is 5.08. The van der Waals surface area contributed by atoms with Gasteiger partial charge in [0, 0.05) is 18.3 Å². The smallest absolute Gasteiger partial charge is 0.303 e. The van der Waals surface area contributed by atoms with Crippen molar-refractivity contribution in [3.05, 3.63) is 34.7 Å². The second-order valence-corrected chi connectivity index (χ2v) is 5.87. The maximum atomic E-state index is 12.0. The molecule has 2 heterocycles. The van der Waals surface area contributed by atoms with Crippen LogP contribution in [-0.2, 0) is 16.0 Å². The Hall–Kier alpha value is -2.68. The van der Waals surface area contributed by atoms with Gasteiger partial charge in [-0.1, -0.05) is 0 Å². The summed E-state index contributed by atoms with van der Waals surface area (Å²) in [5.41, 5.74) is 0.970. The van der Waals surface area contributed by atoms with Crippen LogP contribution in [0.3, 0.4) is 0 Å². The van der Waals surface area contributed by atoms with Crippen molar-refractivity contribution in [2.24, 2.45) is 0 Å². The number of furan rings is 1. The zero-order chi connectivity index (χ0) is 17.5. The van der Waals surface area contributed by atoms with E-state index in [2.05, 4.69) is 15.6 Å². The molecule has 2 rings (SSSR count). The van der Waals surface area contributed by atoms with Gasteiger partial charge in [0.05, 0.1) is 23.9 Å². The number of aliphatic carboxylic acids is 1. The molecular weight excluding hydrogens is 334 g/mol. The normalized spacial score (nSPS) is 10.4. The van der Waals surface area contributed by atoms with E-state index in [1.165, 1.54) is 17.6 Å². The summed E-state index contributed by atoms with van der Waals surface area (Å²) in [6.45, 7) is 2.00. The predicted molar refractivity (Wildman–Crippen MR) is 87.1 cm³/mol. The molecule has 9 heteroatoms. The summed E-state index contributed by atoms with van der Waals surface area (Å²) in [4.78, 5) is 38.3. The lowest BCUT2D eigenvalue weighted by Crippen LogP contribution is -2.26. The van der Waals surface area contributed by atoms with Gasteiger partial charge in [0.1, 0.15) is 5.76 Å². The van der Waals surface area contributed by atoms with E-state index in [0.717, 1.165) is 0 Å². The van der Waals surface area contributed by atoms with Crippen molar-refractivity contribution in [3.63, 3.8) is 0 Å². The third-order valence-corrected chi connectivity index (χ3v) is 3.91. The number of anilines is 1. The van der Waals surface area contributed by atoms with Crippen molar-refractivity contribution in [1.29, 1.82) is 0 Å². The Morgan fingerprint density at radius 3 is 2.83 bits per heavy atom. The van der Waals surface area contributed by atoms with Gasteiger partial charge in [0.2, 0.25) is 5.91 Å². The fraction of sp³-hybridized carbons (Fsp3) is 0.333. The predicted octanol–water partition coefficient (Wildman–Crippen LogP) is 1.82. The number of carboxylic acid groups (broad SMARTS) is 1. The molecule has 0 fully saturated rings. The van der Waals surface area contributed by atoms with Crippen LogP contribution in [0, 0.1) is 6.92 Å². The summed E-state index contributed by atoms with van der Waals surface area (Å²) in [6.07, 6.45) is 1.90. The number of aromatic nitrogens is 1. The highest BCUT2D eigenvalue weighted by molar-refractivity contribution is 7.14. The number of nitrogens with one attached hydrogen (secondary N) is 2. The SMILES string of the molecule is Cc1occc1C(=O)Nc1nc(CC(=O)NCCCC(=O)O)cs1. The molecule has 0 radical (unpaired) electrons. The molecule has 24 heavy (non-hydrogen) atoms. The van der Waals surface area contributed by atoms with E-state index in [-0.39, 0.29) is 24.7 Å². The number of hydrogen-bond donors (Lipinski definition) is 3. The zero-order valence-electron chi connectivity index (χ0n) is 13.0. The molecule has 0 unspecified atom stereocenters. The van der Waals surface area contributed by atoms with E-state index in [1.807, 2.05) is 0 Å². The Kier molecular flexibility index (Phi) is 6.07. The van der Waals surface area contributed by atoms with Gasteiger partial charge in [-0.05, 0) is 19.4 Å². The highest BCUT2D eigenvalue weighted by Crippen LogP contribution is 2.18. The van der Waals surface area contributed by atoms with Gasteiger partial charge in [-0.15, -0.1) is 11.3 Å². The maximum absolute atomic E-state index is 12.0. The molecule has 0 saturated heterocycles. The minimum Gasteiger partial charge on any atom is -0.481 e. The van der Waals surface area contributed by atoms with Gasteiger partial charge in [0.25, 0.3) is 5.91 Å². The van der Waals surface area contributed by atoms with Crippen LogP contribution in [0.25, 0.3) is 0 Å². The molecule has 2 aromatic rings. The van der Waals surface area contributed by atoms with Gasteiger partial charge >= 0.3 is 5.97 Å². The lowest BCUT2D eigenvalue weighted by Gasteiger charge is -2.02. The second kappa shape index (κ2) is 8.25. The summed E-state index contributed by atoms with van der Waals surface area (Å²) in [6, 6.07) is 1.57. The van der Waals surface area contributed by atoms with Crippen LogP contribution in [0.2, 0.25) is 0 Å². The van der Waals surface area contributed by atoms with Crippen molar-refractivity contribution in [1.82, 2.24) is 10.3 Å². The average molecular weight is 351 g/mol. The molecule has 0 aliphatic carbocycles. The van der Waals surface area contributed by atoms with Crippen LogP contribution in [0.5, 0.6) is 0 Å². The Bertz CT molecular complexity index is 737. The van der Waals surface area contributed by atoms with Gasteiger partial charge in [-0.25, -0.2) is 4.98 Å². The minimum atomic E-state index is -0.892. The van der Waals surface area contributed by atoms with Gasteiger partial charge in [-0.3, -0.25) is 19.7 Å². The first kappa shape index (κ1) is 17.7. The second-order valence-electron chi connectivity index (χ2n) is 5.01. The summed E-state index contributed by atoms with van der Waals surface area (Å²) in [7, 11) is 0. The Morgan fingerprint density at radius 1 is 1.38 bits per heavy atom. The van der Waals surface area contributed by atoms with Gasteiger partial charge < -0.3 is 14.8 Å². The number of carbonyl (C=O) groups is 3. The summed E-state index contributed by atoms with van der Waals surface area (Å²) in [5.74, 6) is -0.934. The summed E-state index contributed by atoms with van der Waals surface area (Å²) >= 11 is 1.22. The van der Waals surface area contributed by atoms with Crippen molar-refractivity contribution in [2.45, 2.75) is 26.2 Å². The standard InChI is InChI=1S/C15H17N3O5S/c1-9-11(4-6-23-9)14(22)18-15-17-10(8-24-15)7-12(19)16-5-2-3-13(20)21/h4,6,8H,2-3,5,7H2,1H3,(H,16,19)(H,20,21)(H,17,18,22). The van der Waals surface area contributed by atoms with Crippen molar-refractivity contribution in [3.8, 4) is 0 Å². The van der Waals surface area contributed by atoms with E-state index in [1.54, 1.807) is 18.4 Å². The van der Waals surface area contributed by atoms with Crippen LogP contribution in [0.4, 0.5) is 5.13 Å². The number of amides is 2. The van der Waals surface area contributed by atoms with Crippen LogP contribution in [0.15, 0.2) is 22.1 Å². The van der Waals surface area contributed by atoms with E-state index in [0.29, 0.717) is 35.1 Å². The first-order valence-corrected chi connectivity index (χ1v) is 8.12. The molecule has 2 amide bonds. The lowest BCUT2D eigenvalue weighted by molar-refractivity contribution is -0.137. The third kappa shape index (κ3) is 5.20. The molecule has 3 N–H and O–H groups in total. The zero-order valence-corrected chi connectivity index (χ0v) is 13.8. The van der Waals surface area contributed by atoms with Crippen molar-refractivity contribution >= 4 is 34.3 Å². The quantitative estimate of drug-likeness (QED) is 0.624. The van der Waals surface area contributed by atoms with E-state index < -0.39 is 5.97 Å². The number of carboxylic acids is 1. The highest BCUT2D eigenvalue weighted by Gasteiger charge is 2.14. The number of aryl methyl sites for hydroxylation is 1. The number of rotatable bonds is 8. The summed E-state index contributed by atoms with van der Waals surface area (Å²) in [5, 5.41) is 15.9. The first-order chi connectivity index (χ1) is 11.5. The first-order valence-electron chi connectivity index (χ1n) is 7.24. The Balaban J connectivity index is 1.80. The Morgan fingerprint density at radius 2 is 2.17 bits per heavy atom. The average Bonchev–Trinajstić information content (AvgIpc) is 3.12. The minimum absolute atomic E-state index is 0.0145. The van der Waals surface area contributed by atoms with E-state index >= 15 is 0 Å². The van der Waals surface area contributed by atoms with Crippen molar-refractivity contribution in [2.75, 3.05) is 11.9 Å². The molecular formula is C15H17N3O5S. The molecule has 8 nitrogen and oxygen atoms in total. The molecule has 0 bridgehead atoms. The number of thiazole rings is 1. The van der Waals surface area contributed by atoms with E-state index in [4.69, 9.17) is 9.52 Å². The third-order valence-electron chi connectivity index (χ3n) is 3.11. The van der Waals surface area contributed by atoms with E-state index in [9.17, 15) is 14.4 Å². The topological polar surface area (TPSA) is 122 Å². The molecule has 0 aromatic carbocycles. The van der Waals surface area contributed by atoms with Crippen LogP contribution < -0.4 is 10.6 Å². The number of hydrogen-bond acceptors (Lipinski definition) is 6. The van der Waals surface area contributed by atoms with Crippen LogP contribution >= 0.6 is 11.3 Å². The van der Waals surface area contributed by atoms with Crippen molar-refractivity contribution < 1.29 is 23.9 Å². The molecule has 0 aliphatic heterocycles. The highest BCUT2D eigenvalue weighted by atomic mass is 32.1. The molecule has 2 aromatic heterocycles. The van der Waals surface area contributed by atoms with Gasteiger partial charge in [-0.2, -0.15) is 0 Å². The molecule has 0 saturated carbocycles. The lowest BCUT2D eigenvalue weighted by atomic mass is 10.2. The molecule has 128 valence electrons. The molecule has 0 aliphatic rings. The monoisotopic (exact) mass is 351 g/mol. The Labute approximate surface area is 141 Å². The number of carbonyl (C=O) groups excluding carboxylic acids is 2. The fourth-order valence-electron chi connectivity index (χ4n) is 1.92. The van der Waals surface area contributed by atoms with Crippen LogP contribution in [-0.4, -0.2) is 34.4 Å². The molecule has 0 atom stereocenters. The number of nitrogens with zero attached hydrogens (tertiary/aromatic N) is 1. The largest absolute Gasteiger partial charge is 0.481 e. The maximum Gasteiger partial charge on any atom is 0.303 e. The van der Waals surface area contributed by atoms with Gasteiger partial charge in [0.15, 0.2) is 5.13 Å². The van der Waals surface area contributed by atoms with Crippen LogP contribution in [0.1, 0.15) is 34.7 Å².